The van der Waals surface area contributed by atoms with Crippen LogP contribution in [0.2, 0.25) is 5.15 Å². The minimum Gasteiger partial charge on any atom is -0.379 e. The van der Waals surface area contributed by atoms with E-state index < -0.39 is 0 Å². The Morgan fingerprint density at radius 2 is 2.00 bits per heavy atom. The average Bonchev–Trinajstić information content (AvgIpc) is 3.17. The molecule has 0 radical (unpaired) electrons. The van der Waals surface area contributed by atoms with Crippen LogP contribution in [-0.4, -0.2) is 23.4 Å². The number of aromatic nitrogens is 2. The van der Waals surface area contributed by atoms with E-state index in [-0.39, 0.29) is 11.6 Å². The molecule has 0 aliphatic heterocycles. The summed E-state index contributed by atoms with van der Waals surface area (Å²) in [6.45, 7) is 0. The van der Waals surface area contributed by atoms with E-state index in [0.717, 1.165) is 6.42 Å². The zero-order valence-corrected chi connectivity index (χ0v) is 11.3. The number of benzene rings is 1. The van der Waals surface area contributed by atoms with Crippen molar-refractivity contribution < 1.29 is 4.74 Å². The number of anilines is 1. The first-order chi connectivity index (χ1) is 9.24. The van der Waals surface area contributed by atoms with Crippen molar-refractivity contribution in [2.75, 3.05) is 12.4 Å². The fourth-order valence-electron chi connectivity index (χ4n) is 2.37. The molecule has 0 saturated heterocycles. The third kappa shape index (κ3) is 2.29. The second kappa shape index (κ2) is 4.79. The van der Waals surface area contributed by atoms with Crippen LogP contribution in [0.5, 0.6) is 0 Å². The van der Waals surface area contributed by atoms with Gasteiger partial charge in [0.15, 0.2) is 5.15 Å². The van der Waals surface area contributed by atoms with Gasteiger partial charge in [-0.1, -0.05) is 41.9 Å². The zero-order chi connectivity index (χ0) is 13.3. The lowest BCUT2D eigenvalue weighted by Gasteiger charge is -2.19. The molecule has 1 aliphatic rings. The lowest BCUT2D eigenvalue weighted by molar-refractivity contribution is 0.166. The summed E-state index contributed by atoms with van der Waals surface area (Å²) in [5, 5.41) is 11.7. The van der Waals surface area contributed by atoms with Crippen molar-refractivity contribution in [1.82, 2.24) is 10.2 Å². The van der Waals surface area contributed by atoms with Gasteiger partial charge in [-0.2, -0.15) is 0 Å². The molecule has 1 aromatic carbocycles. The highest BCUT2D eigenvalue weighted by Crippen LogP contribution is 2.50. The van der Waals surface area contributed by atoms with E-state index in [4.69, 9.17) is 16.3 Å². The summed E-state index contributed by atoms with van der Waals surface area (Å²) in [6, 6.07) is 13.8. The molecule has 4 nitrogen and oxygen atoms in total. The fourth-order valence-corrected chi connectivity index (χ4v) is 2.47. The Labute approximate surface area is 116 Å². The van der Waals surface area contributed by atoms with Crippen LogP contribution in [0.15, 0.2) is 42.5 Å². The summed E-state index contributed by atoms with van der Waals surface area (Å²) in [5.74, 6) is 0.702. The van der Waals surface area contributed by atoms with Gasteiger partial charge in [-0.15, -0.1) is 10.2 Å². The number of hydrogen-bond acceptors (Lipinski definition) is 4. The molecule has 1 fully saturated rings. The minimum absolute atomic E-state index is 0.146. The monoisotopic (exact) mass is 275 g/mol. The number of nitrogens with one attached hydrogen (secondary N) is 1. The molecule has 0 spiro atoms. The molecule has 5 heteroatoms. The van der Waals surface area contributed by atoms with Crippen LogP contribution in [0, 0.1) is 0 Å². The molecule has 0 bridgehead atoms. The van der Waals surface area contributed by atoms with Gasteiger partial charge < -0.3 is 10.1 Å². The first-order valence-electron chi connectivity index (χ1n) is 6.10. The smallest absolute Gasteiger partial charge is 0.151 e. The fraction of sp³-hybridized carbons (Fsp3) is 0.286. The van der Waals surface area contributed by atoms with E-state index in [1.54, 1.807) is 13.2 Å². The van der Waals surface area contributed by atoms with E-state index in [2.05, 4.69) is 27.6 Å². The Morgan fingerprint density at radius 3 is 2.58 bits per heavy atom. The normalized spacial score (nSPS) is 25.1. The molecular formula is C14H14ClN3O. The molecule has 2 atom stereocenters. The van der Waals surface area contributed by atoms with E-state index in [1.807, 2.05) is 24.3 Å². The molecule has 19 heavy (non-hydrogen) atoms. The van der Waals surface area contributed by atoms with Gasteiger partial charge in [0.25, 0.3) is 0 Å². The Balaban J connectivity index is 1.89. The second-order valence-corrected chi connectivity index (χ2v) is 5.02. The Morgan fingerprint density at radius 1 is 1.21 bits per heavy atom. The first kappa shape index (κ1) is 12.4. The lowest BCUT2D eigenvalue weighted by Crippen LogP contribution is -2.25. The van der Waals surface area contributed by atoms with E-state index in [1.165, 1.54) is 5.56 Å². The summed E-state index contributed by atoms with van der Waals surface area (Å²) in [7, 11) is 1.73. The molecule has 0 unspecified atom stereocenters. The number of halogens is 1. The summed E-state index contributed by atoms with van der Waals surface area (Å²) in [4.78, 5) is 0. The van der Waals surface area contributed by atoms with Crippen LogP contribution < -0.4 is 5.32 Å². The van der Waals surface area contributed by atoms with Gasteiger partial charge in [0.2, 0.25) is 0 Å². The maximum Gasteiger partial charge on any atom is 0.151 e. The standard InChI is InChI=1S/C14H14ClN3O/c1-19-11-9-14(11,10-5-3-2-4-6-10)16-13-8-7-12(15)17-18-13/h2-8,11H,9H2,1H3,(H,16,18)/t11-,14+/m1/s1. The third-order valence-electron chi connectivity index (χ3n) is 3.45. The van der Waals surface area contributed by atoms with Crippen molar-refractivity contribution in [1.29, 1.82) is 0 Å². The highest BCUT2D eigenvalue weighted by molar-refractivity contribution is 6.29. The maximum atomic E-state index is 5.75. The van der Waals surface area contributed by atoms with E-state index in [0.29, 0.717) is 11.0 Å². The van der Waals surface area contributed by atoms with Crippen molar-refractivity contribution >= 4 is 17.4 Å². The average molecular weight is 276 g/mol. The summed E-state index contributed by atoms with van der Waals surface area (Å²) >= 11 is 5.75. The van der Waals surface area contributed by atoms with Crippen molar-refractivity contribution in [3.8, 4) is 0 Å². The van der Waals surface area contributed by atoms with Crippen LogP contribution in [0.3, 0.4) is 0 Å². The van der Waals surface area contributed by atoms with Crippen LogP contribution in [0.1, 0.15) is 12.0 Å². The highest BCUT2D eigenvalue weighted by atomic mass is 35.5. The lowest BCUT2D eigenvalue weighted by atomic mass is 10.0. The molecule has 3 rings (SSSR count). The predicted molar refractivity (Wildman–Crippen MR) is 74.2 cm³/mol. The SMILES string of the molecule is CO[C@@H]1C[C@]1(Nc1ccc(Cl)nn1)c1ccccc1. The van der Waals surface area contributed by atoms with Gasteiger partial charge in [-0.25, -0.2) is 0 Å². The van der Waals surface area contributed by atoms with E-state index >= 15 is 0 Å². The number of methoxy groups -OCH3 is 1. The van der Waals surface area contributed by atoms with Crippen LogP contribution >= 0.6 is 11.6 Å². The molecule has 0 amide bonds. The second-order valence-electron chi connectivity index (χ2n) is 4.63. The molecule has 1 aromatic heterocycles. The van der Waals surface area contributed by atoms with Gasteiger partial charge >= 0.3 is 0 Å². The Bertz CT molecular complexity index is 561. The van der Waals surface area contributed by atoms with Crippen LogP contribution in [-0.2, 0) is 10.3 Å². The molecular weight excluding hydrogens is 262 g/mol. The molecule has 1 saturated carbocycles. The van der Waals surface area contributed by atoms with Crippen molar-refractivity contribution in [3.63, 3.8) is 0 Å². The Kier molecular flexibility index (Phi) is 3.12. The number of rotatable bonds is 4. The number of nitrogens with zero attached hydrogens (tertiary/aromatic N) is 2. The number of ether oxygens (including phenoxy) is 1. The minimum atomic E-state index is -0.210. The quantitative estimate of drug-likeness (QED) is 0.932. The van der Waals surface area contributed by atoms with E-state index in [9.17, 15) is 0 Å². The molecule has 1 heterocycles. The van der Waals surface area contributed by atoms with Gasteiger partial charge in [0.05, 0.1) is 11.6 Å². The summed E-state index contributed by atoms with van der Waals surface area (Å²) < 4.78 is 5.49. The van der Waals surface area contributed by atoms with Gasteiger partial charge in [-0.3, -0.25) is 0 Å². The predicted octanol–water partition coefficient (Wildman–Crippen LogP) is 2.86. The van der Waals surface area contributed by atoms with Crippen LogP contribution in [0.4, 0.5) is 5.82 Å². The van der Waals surface area contributed by atoms with Gasteiger partial charge in [0.1, 0.15) is 5.82 Å². The molecule has 1 N–H and O–H groups in total. The molecule has 1 aliphatic carbocycles. The maximum absolute atomic E-state index is 5.75. The molecule has 2 aromatic rings. The molecule has 98 valence electrons. The van der Waals surface area contributed by atoms with Crippen molar-refractivity contribution in [2.45, 2.75) is 18.1 Å². The van der Waals surface area contributed by atoms with Crippen molar-refractivity contribution in [2.24, 2.45) is 0 Å². The van der Waals surface area contributed by atoms with Crippen LogP contribution in [0.25, 0.3) is 0 Å². The first-order valence-corrected chi connectivity index (χ1v) is 6.48. The van der Waals surface area contributed by atoms with Gasteiger partial charge in [0, 0.05) is 13.5 Å². The van der Waals surface area contributed by atoms with Gasteiger partial charge in [-0.05, 0) is 17.7 Å². The zero-order valence-electron chi connectivity index (χ0n) is 10.5. The van der Waals surface area contributed by atoms with Crippen molar-refractivity contribution in [3.05, 3.63) is 53.2 Å². The number of hydrogen-bond donors (Lipinski definition) is 1. The summed E-state index contributed by atoms with van der Waals surface area (Å²) in [6.07, 6.45) is 1.06. The highest BCUT2D eigenvalue weighted by Gasteiger charge is 2.56. The largest absolute Gasteiger partial charge is 0.379 e. The summed E-state index contributed by atoms with van der Waals surface area (Å²) in [5.41, 5.74) is 0.983. The third-order valence-corrected chi connectivity index (χ3v) is 3.66. The topological polar surface area (TPSA) is 47.0 Å². The Hall–Kier alpha value is -1.65.